The minimum Gasteiger partial charge on any atom is -0.380 e. The first-order valence-electron chi connectivity index (χ1n) is 7.43. The van der Waals surface area contributed by atoms with Crippen LogP contribution < -0.4 is 11.1 Å². The molecule has 1 saturated carbocycles. The normalized spacial score (nSPS) is 25.6. The van der Waals surface area contributed by atoms with Crippen LogP contribution in [0.4, 0.5) is 0 Å². The van der Waals surface area contributed by atoms with Crippen molar-refractivity contribution in [2.75, 3.05) is 39.9 Å². The molecule has 19 heavy (non-hydrogen) atoms. The summed E-state index contributed by atoms with van der Waals surface area (Å²) in [6, 6.07) is 0.644. The largest absolute Gasteiger partial charge is 0.380 e. The fourth-order valence-electron chi connectivity index (χ4n) is 2.85. The number of likely N-dealkylation sites (tertiary alicyclic amines) is 1. The maximum atomic E-state index is 11.2. The minimum absolute atomic E-state index is 0.123. The number of carbonyl (C=O) groups is 1. The van der Waals surface area contributed by atoms with Gasteiger partial charge in [-0.3, -0.25) is 9.69 Å². The topological polar surface area (TPSA) is 67.6 Å². The van der Waals surface area contributed by atoms with Crippen molar-refractivity contribution in [2.45, 2.75) is 38.1 Å². The standard InChI is InChI=1S/C14H27N3O2/c1-16-12-3-7-17(11-12)8-10-19-9-2-4-14(5-6-14)13(15)18/h12,16H,2-11H2,1H3,(H2,15,18). The van der Waals surface area contributed by atoms with E-state index in [-0.39, 0.29) is 11.3 Å². The second kappa shape index (κ2) is 6.68. The van der Waals surface area contributed by atoms with Crippen LogP contribution in [-0.2, 0) is 9.53 Å². The molecule has 5 heteroatoms. The Hall–Kier alpha value is -0.650. The number of carbonyl (C=O) groups excluding carboxylic acids is 1. The van der Waals surface area contributed by atoms with Crippen LogP contribution in [0, 0.1) is 5.41 Å². The number of hydrogen-bond donors (Lipinski definition) is 2. The van der Waals surface area contributed by atoms with E-state index >= 15 is 0 Å². The molecule has 2 rings (SSSR count). The van der Waals surface area contributed by atoms with E-state index in [0.29, 0.717) is 6.04 Å². The molecule has 1 unspecified atom stereocenters. The second-order valence-electron chi connectivity index (χ2n) is 5.94. The van der Waals surface area contributed by atoms with Crippen molar-refractivity contribution in [3.05, 3.63) is 0 Å². The van der Waals surface area contributed by atoms with Crippen LogP contribution >= 0.6 is 0 Å². The zero-order valence-electron chi connectivity index (χ0n) is 12.0. The van der Waals surface area contributed by atoms with E-state index in [0.717, 1.165) is 52.0 Å². The zero-order chi connectivity index (χ0) is 13.7. The molecule has 2 aliphatic rings. The van der Waals surface area contributed by atoms with Crippen molar-refractivity contribution in [3.8, 4) is 0 Å². The van der Waals surface area contributed by atoms with Gasteiger partial charge in [0.15, 0.2) is 0 Å². The molecule has 0 aromatic rings. The lowest BCUT2D eigenvalue weighted by atomic mass is 10.0. The smallest absolute Gasteiger partial charge is 0.223 e. The average Bonchev–Trinajstić information content (AvgIpc) is 3.05. The lowest BCUT2D eigenvalue weighted by Crippen LogP contribution is -2.31. The summed E-state index contributed by atoms with van der Waals surface area (Å²) >= 11 is 0. The first-order valence-corrected chi connectivity index (χ1v) is 7.43. The summed E-state index contributed by atoms with van der Waals surface area (Å²) in [5, 5.41) is 3.31. The van der Waals surface area contributed by atoms with E-state index in [4.69, 9.17) is 10.5 Å². The SMILES string of the molecule is CNC1CCN(CCOCCCC2(C(N)=O)CC2)C1. The van der Waals surface area contributed by atoms with Crippen LogP contribution in [0.25, 0.3) is 0 Å². The molecular weight excluding hydrogens is 242 g/mol. The lowest BCUT2D eigenvalue weighted by molar-refractivity contribution is -0.123. The molecule has 110 valence electrons. The number of likely N-dealkylation sites (N-methyl/N-ethyl adjacent to an activating group) is 1. The Labute approximate surface area is 115 Å². The van der Waals surface area contributed by atoms with Crippen LogP contribution in [0.1, 0.15) is 32.1 Å². The number of hydrogen-bond acceptors (Lipinski definition) is 4. The van der Waals surface area contributed by atoms with Gasteiger partial charge in [-0.2, -0.15) is 0 Å². The first kappa shape index (κ1) is 14.8. The fourth-order valence-corrected chi connectivity index (χ4v) is 2.85. The Balaban J connectivity index is 1.46. The fraction of sp³-hybridized carbons (Fsp3) is 0.929. The van der Waals surface area contributed by atoms with E-state index in [9.17, 15) is 4.79 Å². The molecule has 1 atom stereocenters. The summed E-state index contributed by atoms with van der Waals surface area (Å²) in [7, 11) is 2.02. The van der Waals surface area contributed by atoms with Gasteiger partial charge in [0, 0.05) is 31.2 Å². The van der Waals surface area contributed by atoms with Gasteiger partial charge >= 0.3 is 0 Å². The van der Waals surface area contributed by atoms with Crippen LogP contribution in [0.3, 0.4) is 0 Å². The van der Waals surface area contributed by atoms with Gasteiger partial charge in [-0.1, -0.05) is 0 Å². The van der Waals surface area contributed by atoms with Gasteiger partial charge < -0.3 is 15.8 Å². The van der Waals surface area contributed by atoms with Crippen LogP contribution in [-0.4, -0.2) is 56.7 Å². The van der Waals surface area contributed by atoms with E-state index < -0.39 is 0 Å². The first-order chi connectivity index (χ1) is 9.16. The maximum absolute atomic E-state index is 11.2. The number of rotatable bonds is 9. The Morgan fingerprint density at radius 1 is 1.47 bits per heavy atom. The van der Waals surface area contributed by atoms with E-state index in [1.807, 2.05) is 7.05 Å². The highest BCUT2D eigenvalue weighted by molar-refractivity contribution is 5.83. The Kier molecular flexibility index (Phi) is 5.19. The van der Waals surface area contributed by atoms with Gasteiger partial charge in [-0.15, -0.1) is 0 Å². The predicted molar refractivity (Wildman–Crippen MR) is 74.8 cm³/mol. The highest BCUT2D eigenvalue weighted by atomic mass is 16.5. The summed E-state index contributed by atoms with van der Waals surface area (Å²) < 4.78 is 5.65. The van der Waals surface area contributed by atoms with Crippen molar-refractivity contribution in [1.82, 2.24) is 10.2 Å². The molecule has 0 aromatic carbocycles. The molecule has 1 saturated heterocycles. The third-order valence-electron chi connectivity index (χ3n) is 4.55. The molecule has 0 bridgehead atoms. The molecular formula is C14H27N3O2. The molecule has 0 aromatic heterocycles. The van der Waals surface area contributed by atoms with Gasteiger partial charge in [0.1, 0.15) is 0 Å². The Morgan fingerprint density at radius 3 is 2.84 bits per heavy atom. The van der Waals surface area contributed by atoms with E-state index in [1.54, 1.807) is 0 Å². The number of nitrogens with zero attached hydrogens (tertiary/aromatic N) is 1. The number of nitrogens with one attached hydrogen (secondary N) is 1. The monoisotopic (exact) mass is 269 g/mol. The third kappa shape index (κ3) is 4.16. The average molecular weight is 269 g/mol. The highest BCUT2D eigenvalue weighted by Crippen LogP contribution is 2.49. The Bertz CT molecular complexity index is 305. The van der Waals surface area contributed by atoms with E-state index in [1.165, 1.54) is 13.0 Å². The van der Waals surface area contributed by atoms with Crippen LogP contribution in [0.5, 0.6) is 0 Å². The summed E-state index contributed by atoms with van der Waals surface area (Å²) in [6.45, 7) is 4.85. The summed E-state index contributed by atoms with van der Waals surface area (Å²) in [5.41, 5.74) is 5.22. The van der Waals surface area contributed by atoms with Crippen molar-refractivity contribution in [1.29, 1.82) is 0 Å². The summed E-state index contributed by atoms with van der Waals surface area (Å²) in [6.07, 6.45) is 5.02. The molecule has 1 aliphatic heterocycles. The third-order valence-corrected chi connectivity index (χ3v) is 4.55. The van der Waals surface area contributed by atoms with E-state index in [2.05, 4.69) is 10.2 Å². The molecule has 1 aliphatic carbocycles. The highest BCUT2D eigenvalue weighted by Gasteiger charge is 2.47. The minimum atomic E-state index is -0.168. The number of ether oxygens (including phenoxy) is 1. The molecule has 1 heterocycles. The molecule has 2 fully saturated rings. The van der Waals surface area contributed by atoms with Gasteiger partial charge in [-0.05, 0) is 45.7 Å². The Morgan fingerprint density at radius 2 is 2.26 bits per heavy atom. The van der Waals surface area contributed by atoms with Gasteiger partial charge in [0.2, 0.25) is 5.91 Å². The maximum Gasteiger partial charge on any atom is 0.223 e. The van der Waals surface area contributed by atoms with Gasteiger partial charge in [-0.25, -0.2) is 0 Å². The van der Waals surface area contributed by atoms with Crippen LogP contribution in [0.15, 0.2) is 0 Å². The summed E-state index contributed by atoms with van der Waals surface area (Å²) in [4.78, 5) is 13.6. The molecule has 0 spiro atoms. The second-order valence-corrected chi connectivity index (χ2v) is 5.94. The van der Waals surface area contributed by atoms with Gasteiger partial charge in [0.25, 0.3) is 0 Å². The number of amides is 1. The molecule has 0 radical (unpaired) electrons. The van der Waals surface area contributed by atoms with Crippen LogP contribution in [0.2, 0.25) is 0 Å². The lowest BCUT2D eigenvalue weighted by Gasteiger charge is -2.16. The molecule has 3 N–H and O–H groups in total. The number of primary amides is 1. The van der Waals surface area contributed by atoms with Crippen molar-refractivity contribution >= 4 is 5.91 Å². The zero-order valence-corrected chi connectivity index (χ0v) is 12.0. The molecule has 5 nitrogen and oxygen atoms in total. The predicted octanol–water partition coefficient (Wildman–Crippen LogP) is 0.342. The number of nitrogens with two attached hydrogens (primary N) is 1. The van der Waals surface area contributed by atoms with Crippen molar-refractivity contribution in [3.63, 3.8) is 0 Å². The van der Waals surface area contributed by atoms with Crippen molar-refractivity contribution < 1.29 is 9.53 Å². The summed E-state index contributed by atoms with van der Waals surface area (Å²) in [5.74, 6) is -0.123. The van der Waals surface area contributed by atoms with Crippen molar-refractivity contribution in [2.24, 2.45) is 11.1 Å². The molecule has 1 amide bonds. The van der Waals surface area contributed by atoms with Gasteiger partial charge in [0.05, 0.1) is 6.61 Å². The quantitative estimate of drug-likeness (QED) is 0.592.